The zero-order valence-electron chi connectivity index (χ0n) is 8.59. The molecule has 0 heterocycles. The second kappa shape index (κ2) is 5.25. The van der Waals surface area contributed by atoms with Crippen LogP contribution in [0.4, 0.5) is 0 Å². The number of hydrogen-bond donors (Lipinski definition) is 1. The van der Waals surface area contributed by atoms with Crippen molar-refractivity contribution < 1.29 is 12.6 Å². The number of aryl methyl sites for hydroxylation is 1. The van der Waals surface area contributed by atoms with E-state index in [9.17, 15) is 8.42 Å². The molecule has 0 aliphatic heterocycles. The topological polar surface area (TPSA) is 69.4 Å². The first-order valence-corrected chi connectivity index (χ1v) is 6.47. The van der Waals surface area contributed by atoms with Gasteiger partial charge in [-0.15, -0.1) is 0 Å². The monoisotopic (exact) mass is 229 g/mol. The Morgan fingerprint density at radius 1 is 1.33 bits per heavy atom. The third-order valence-corrected chi connectivity index (χ3v) is 2.46. The van der Waals surface area contributed by atoms with Crippen molar-refractivity contribution in [2.24, 2.45) is 5.73 Å². The van der Waals surface area contributed by atoms with Gasteiger partial charge in [-0.1, -0.05) is 30.3 Å². The van der Waals surface area contributed by atoms with Crippen molar-refractivity contribution in [1.82, 2.24) is 0 Å². The van der Waals surface area contributed by atoms with Crippen molar-refractivity contribution in [1.29, 1.82) is 0 Å². The lowest BCUT2D eigenvalue weighted by Crippen LogP contribution is -2.27. The normalized spacial score (nSPS) is 13.7. The second-order valence-corrected chi connectivity index (χ2v) is 4.96. The van der Waals surface area contributed by atoms with Gasteiger partial charge < -0.3 is 5.73 Å². The summed E-state index contributed by atoms with van der Waals surface area (Å²) in [6.07, 6.45) is 1.42. The molecule has 0 spiro atoms. The van der Waals surface area contributed by atoms with E-state index in [0.717, 1.165) is 11.8 Å². The number of benzene rings is 1. The Kier molecular flexibility index (Phi) is 4.26. The highest BCUT2D eigenvalue weighted by atomic mass is 32.2. The predicted molar refractivity (Wildman–Crippen MR) is 58.7 cm³/mol. The van der Waals surface area contributed by atoms with Crippen LogP contribution in [0.3, 0.4) is 0 Å². The maximum atomic E-state index is 10.8. The summed E-state index contributed by atoms with van der Waals surface area (Å²) in [6.45, 7) is 0. The van der Waals surface area contributed by atoms with E-state index >= 15 is 0 Å². The predicted octanol–water partition coefficient (Wildman–Crippen LogP) is 0.880. The van der Waals surface area contributed by atoms with Crippen molar-refractivity contribution >= 4 is 10.1 Å². The molecule has 1 aromatic carbocycles. The maximum absolute atomic E-state index is 10.8. The second-order valence-electron chi connectivity index (χ2n) is 3.36. The number of hydrogen-bond acceptors (Lipinski definition) is 4. The fourth-order valence-electron chi connectivity index (χ4n) is 1.23. The Bertz CT molecular complexity index is 388. The molecule has 0 saturated heterocycles. The van der Waals surface area contributed by atoms with Gasteiger partial charge in [-0.3, -0.25) is 4.18 Å². The zero-order chi connectivity index (χ0) is 11.3. The first-order valence-electron chi connectivity index (χ1n) is 4.65. The molecule has 0 aromatic heterocycles. The summed E-state index contributed by atoms with van der Waals surface area (Å²) in [4.78, 5) is 0. The molecule has 84 valence electrons. The van der Waals surface area contributed by atoms with Crippen molar-refractivity contribution in [3.05, 3.63) is 35.9 Å². The number of nitrogens with two attached hydrogens (primary N) is 1. The fraction of sp³-hybridized carbons (Fsp3) is 0.400. The summed E-state index contributed by atoms with van der Waals surface area (Å²) in [5, 5.41) is 0. The molecule has 5 heteroatoms. The Hall–Kier alpha value is -0.910. The van der Waals surface area contributed by atoms with Gasteiger partial charge in [0.15, 0.2) is 0 Å². The van der Waals surface area contributed by atoms with E-state index in [0.29, 0.717) is 12.8 Å². The molecular weight excluding hydrogens is 214 g/mol. The van der Waals surface area contributed by atoms with Crippen LogP contribution in [0.25, 0.3) is 0 Å². The molecule has 1 unspecified atom stereocenters. The average molecular weight is 229 g/mol. The Morgan fingerprint density at radius 3 is 2.47 bits per heavy atom. The first kappa shape index (κ1) is 12.2. The molecule has 0 bridgehead atoms. The average Bonchev–Trinajstić information content (AvgIpc) is 2.14. The van der Waals surface area contributed by atoms with Crippen LogP contribution in [0.15, 0.2) is 30.3 Å². The lowest BCUT2D eigenvalue weighted by Gasteiger charge is -2.10. The van der Waals surface area contributed by atoms with Gasteiger partial charge in [-0.05, 0) is 18.4 Å². The van der Waals surface area contributed by atoms with Gasteiger partial charge in [-0.25, -0.2) is 0 Å². The third kappa shape index (κ3) is 5.51. The molecule has 2 N–H and O–H groups in total. The summed E-state index contributed by atoms with van der Waals surface area (Å²) in [7, 11) is -3.45. The molecule has 1 aromatic rings. The highest BCUT2D eigenvalue weighted by Gasteiger charge is 2.10. The Balaban J connectivity index is 2.38. The van der Waals surface area contributed by atoms with E-state index in [1.54, 1.807) is 0 Å². The van der Waals surface area contributed by atoms with Gasteiger partial charge in [0, 0.05) is 0 Å². The van der Waals surface area contributed by atoms with Crippen LogP contribution in [0.5, 0.6) is 0 Å². The molecular formula is C10H15NO3S. The first-order chi connectivity index (χ1) is 6.97. The number of rotatable bonds is 5. The Labute approximate surface area is 90.2 Å². The standard InChI is InChI=1S/C10H15NO3S/c1-15(12,13)14-10(11)8-7-9-5-3-2-4-6-9/h2-6,10H,7-8,11H2,1H3. The third-order valence-electron chi connectivity index (χ3n) is 1.86. The summed E-state index contributed by atoms with van der Waals surface area (Å²) >= 11 is 0. The molecule has 1 rings (SSSR count). The highest BCUT2D eigenvalue weighted by molar-refractivity contribution is 7.86. The smallest absolute Gasteiger partial charge is 0.265 e. The maximum Gasteiger partial charge on any atom is 0.265 e. The van der Waals surface area contributed by atoms with Crippen LogP contribution in [0, 0.1) is 0 Å². The molecule has 15 heavy (non-hydrogen) atoms. The molecule has 4 nitrogen and oxygen atoms in total. The van der Waals surface area contributed by atoms with Crippen LogP contribution in [-0.4, -0.2) is 20.9 Å². The van der Waals surface area contributed by atoms with Crippen LogP contribution < -0.4 is 5.73 Å². The minimum atomic E-state index is -3.45. The molecule has 0 radical (unpaired) electrons. The minimum absolute atomic E-state index is 0.483. The van der Waals surface area contributed by atoms with Gasteiger partial charge >= 0.3 is 0 Å². The van der Waals surface area contributed by atoms with Crippen molar-refractivity contribution in [3.8, 4) is 0 Å². The molecule has 0 fully saturated rings. The van der Waals surface area contributed by atoms with E-state index in [1.807, 2.05) is 30.3 Å². The van der Waals surface area contributed by atoms with Crippen molar-refractivity contribution in [2.75, 3.05) is 6.26 Å². The lowest BCUT2D eigenvalue weighted by atomic mass is 10.1. The van der Waals surface area contributed by atoms with Gasteiger partial charge in [0.05, 0.1) is 6.26 Å². The van der Waals surface area contributed by atoms with Crippen molar-refractivity contribution in [2.45, 2.75) is 19.1 Å². The summed E-state index contributed by atoms with van der Waals surface area (Å²) in [5.74, 6) is 0. The molecule has 0 amide bonds. The van der Waals surface area contributed by atoms with Crippen LogP contribution in [0.2, 0.25) is 0 Å². The van der Waals surface area contributed by atoms with Crippen LogP contribution in [-0.2, 0) is 20.7 Å². The van der Waals surface area contributed by atoms with E-state index in [4.69, 9.17) is 5.73 Å². The van der Waals surface area contributed by atoms with E-state index in [2.05, 4.69) is 4.18 Å². The van der Waals surface area contributed by atoms with Crippen LogP contribution >= 0.6 is 0 Å². The van der Waals surface area contributed by atoms with Crippen molar-refractivity contribution in [3.63, 3.8) is 0 Å². The quantitative estimate of drug-likeness (QED) is 0.601. The zero-order valence-corrected chi connectivity index (χ0v) is 9.41. The van der Waals surface area contributed by atoms with Gasteiger partial charge in [0.2, 0.25) is 0 Å². The largest absolute Gasteiger partial charge is 0.305 e. The fourth-order valence-corrected chi connectivity index (χ4v) is 1.77. The van der Waals surface area contributed by atoms with Gasteiger partial charge in [0.1, 0.15) is 6.23 Å². The highest BCUT2D eigenvalue weighted by Crippen LogP contribution is 2.05. The SMILES string of the molecule is CS(=O)(=O)OC(N)CCc1ccccc1. The minimum Gasteiger partial charge on any atom is -0.305 e. The van der Waals surface area contributed by atoms with Gasteiger partial charge in [0.25, 0.3) is 10.1 Å². The summed E-state index contributed by atoms with van der Waals surface area (Å²) in [6, 6.07) is 9.72. The summed E-state index contributed by atoms with van der Waals surface area (Å²) in [5.41, 5.74) is 6.62. The molecule has 0 saturated carbocycles. The Morgan fingerprint density at radius 2 is 1.93 bits per heavy atom. The van der Waals surface area contributed by atoms with E-state index in [-0.39, 0.29) is 0 Å². The lowest BCUT2D eigenvalue weighted by molar-refractivity contribution is 0.209. The molecule has 0 aliphatic rings. The van der Waals surface area contributed by atoms with E-state index in [1.165, 1.54) is 0 Å². The molecule has 1 atom stereocenters. The van der Waals surface area contributed by atoms with E-state index < -0.39 is 16.3 Å². The summed E-state index contributed by atoms with van der Waals surface area (Å²) < 4.78 is 26.1. The van der Waals surface area contributed by atoms with Crippen LogP contribution in [0.1, 0.15) is 12.0 Å². The molecule has 0 aliphatic carbocycles. The van der Waals surface area contributed by atoms with Gasteiger partial charge in [-0.2, -0.15) is 8.42 Å².